The molecule has 1 atom stereocenters. The molecule has 0 radical (unpaired) electrons. The minimum Gasteiger partial charge on any atom is -0.489 e. The number of hydrogen-bond donors (Lipinski definition) is 1. The van der Waals surface area contributed by atoms with Crippen LogP contribution in [-0.2, 0) is 12.2 Å². The fourth-order valence-electron chi connectivity index (χ4n) is 3.51. The standard InChI is InChI=1S/C20H21FN2O2S/c21-17-4-1-3-15(13-17)14-25-18-7-5-16(6-8-18)20(24)9-2-10-23-11-12-26-22-19(20)23/h1,3-8,13,24H,2,9-12,14H2. The summed E-state index contributed by atoms with van der Waals surface area (Å²) in [5.74, 6) is 2.16. The normalized spacial score (nSPS) is 22.5. The van der Waals surface area contributed by atoms with Gasteiger partial charge in [-0.15, -0.1) is 0 Å². The molecule has 1 N–H and O–H groups in total. The molecule has 0 aliphatic carbocycles. The van der Waals surface area contributed by atoms with E-state index in [2.05, 4.69) is 9.30 Å². The number of fused-ring (bicyclic) bond motifs is 1. The third-order valence-electron chi connectivity index (χ3n) is 4.87. The first-order valence-corrected chi connectivity index (χ1v) is 9.75. The van der Waals surface area contributed by atoms with Gasteiger partial charge < -0.3 is 14.7 Å². The van der Waals surface area contributed by atoms with Crippen LogP contribution in [0.3, 0.4) is 0 Å². The Kier molecular flexibility index (Phi) is 4.87. The van der Waals surface area contributed by atoms with Gasteiger partial charge in [-0.25, -0.2) is 4.39 Å². The predicted octanol–water partition coefficient (Wildman–Crippen LogP) is 3.75. The molecule has 4 rings (SSSR count). The maximum absolute atomic E-state index is 13.2. The highest BCUT2D eigenvalue weighted by Crippen LogP contribution is 2.37. The summed E-state index contributed by atoms with van der Waals surface area (Å²) >= 11 is 1.52. The van der Waals surface area contributed by atoms with Gasteiger partial charge in [-0.3, -0.25) is 0 Å². The third kappa shape index (κ3) is 3.44. The first-order chi connectivity index (χ1) is 12.6. The summed E-state index contributed by atoms with van der Waals surface area (Å²) in [6.45, 7) is 2.19. The minimum absolute atomic E-state index is 0.267. The Hall–Kier alpha value is -2.05. The van der Waals surface area contributed by atoms with E-state index in [0.29, 0.717) is 18.8 Å². The predicted molar refractivity (Wildman–Crippen MR) is 102 cm³/mol. The fraction of sp³-hybridized carbons (Fsp3) is 0.350. The van der Waals surface area contributed by atoms with Crippen LogP contribution in [0.2, 0.25) is 0 Å². The average molecular weight is 372 g/mol. The summed E-state index contributed by atoms with van der Waals surface area (Å²) in [5, 5.41) is 11.3. The van der Waals surface area contributed by atoms with Crippen molar-refractivity contribution >= 4 is 17.8 Å². The molecule has 0 bridgehead atoms. The fourth-order valence-corrected chi connectivity index (χ4v) is 4.29. The maximum atomic E-state index is 13.2. The van der Waals surface area contributed by atoms with Gasteiger partial charge in [0.25, 0.3) is 0 Å². The van der Waals surface area contributed by atoms with Gasteiger partial charge in [0, 0.05) is 18.8 Å². The number of nitrogens with zero attached hydrogens (tertiary/aromatic N) is 2. The summed E-state index contributed by atoms with van der Waals surface area (Å²) in [4.78, 5) is 2.19. The second-order valence-electron chi connectivity index (χ2n) is 6.64. The van der Waals surface area contributed by atoms with E-state index in [1.807, 2.05) is 30.3 Å². The van der Waals surface area contributed by atoms with Crippen LogP contribution < -0.4 is 4.74 Å². The van der Waals surface area contributed by atoms with Crippen LogP contribution in [-0.4, -0.2) is 34.7 Å². The zero-order chi connectivity index (χ0) is 18.0. The van der Waals surface area contributed by atoms with E-state index in [-0.39, 0.29) is 5.82 Å². The van der Waals surface area contributed by atoms with E-state index in [0.717, 1.165) is 42.2 Å². The molecule has 0 saturated carbocycles. The van der Waals surface area contributed by atoms with Gasteiger partial charge in [-0.05, 0) is 60.2 Å². The second kappa shape index (κ2) is 7.29. The molecule has 2 aliphatic rings. The number of ether oxygens (including phenoxy) is 1. The highest BCUT2D eigenvalue weighted by atomic mass is 32.2. The molecule has 0 spiro atoms. The van der Waals surface area contributed by atoms with Crippen LogP contribution in [0.25, 0.3) is 0 Å². The largest absolute Gasteiger partial charge is 0.489 e. The molecule has 2 aliphatic heterocycles. The Morgan fingerprint density at radius 3 is 2.85 bits per heavy atom. The van der Waals surface area contributed by atoms with Gasteiger partial charge in [-0.2, -0.15) is 4.40 Å². The van der Waals surface area contributed by atoms with Crippen molar-refractivity contribution in [1.82, 2.24) is 4.90 Å². The van der Waals surface area contributed by atoms with Crippen LogP contribution in [0.5, 0.6) is 5.75 Å². The smallest absolute Gasteiger partial charge is 0.149 e. The van der Waals surface area contributed by atoms with Crippen LogP contribution >= 0.6 is 11.9 Å². The van der Waals surface area contributed by atoms with E-state index in [4.69, 9.17) is 4.74 Å². The summed E-state index contributed by atoms with van der Waals surface area (Å²) in [5.41, 5.74) is 0.581. The molecule has 2 aromatic carbocycles. The highest BCUT2D eigenvalue weighted by Gasteiger charge is 2.42. The molecule has 2 heterocycles. The molecule has 136 valence electrons. The van der Waals surface area contributed by atoms with Crippen molar-refractivity contribution in [3.63, 3.8) is 0 Å². The van der Waals surface area contributed by atoms with E-state index in [1.165, 1.54) is 24.1 Å². The highest BCUT2D eigenvalue weighted by molar-refractivity contribution is 7.98. The van der Waals surface area contributed by atoms with Gasteiger partial charge in [0.1, 0.15) is 29.6 Å². The first-order valence-electron chi connectivity index (χ1n) is 8.81. The van der Waals surface area contributed by atoms with Crippen LogP contribution in [0, 0.1) is 5.82 Å². The number of aliphatic hydroxyl groups is 1. The molecule has 6 heteroatoms. The van der Waals surface area contributed by atoms with Crippen molar-refractivity contribution in [2.45, 2.75) is 25.0 Å². The van der Waals surface area contributed by atoms with Crippen molar-refractivity contribution < 1.29 is 14.2 Å². The molecule has 0 amide bonds. The Labute approximate surface area is 156 Å². The van der Waals surface area contributed by atoms with Crippen LogP contribution in [0.4, 0.5) is 4.39 Å². The lowest BCUT2D eigenvalue weighted by atomic mass is 9.84. The van der Waals surface area contributed by atoms with Crippen LogP contribution in [0.1, 0.15) is 24.0 Å². The topological polar surface area (TPSA) is 45.1 Å². The van der Waals surface area contributed by atoms with Crippen molar-refractivity contribution in [3.05, 3.63) is 65.5 Å². The number of hydrogen-bond acceptors (Lipinski definition) is 5. The lowest BCUT2D eigenvalue weighted by Crippen LogP contribution is -2.53. The zero-order valence-electron chi connectivity index (χ0n) is 14.4. The molecule has 2 aromatic rings. The van der Waals surface area contributed by atoms with Gasteiger partial charge in [-0.1, -0.05) is 24.3 Å². The second-order valence-corrected chi connectivity index (χ2v) is 7.49. The zero-order valence-corrected chi connectivity index (χ0v) is 15.2. The van der Waals surface area contributed by atoms with Crippen molar-refractivity contribution in [1.29, 1.82) is 0 Å². The van der Waals surface area contributed by atoms with Crippen molar-refractivity contribution in [2.75, 3.05) is 18.8 Å². The van der Waals surface area contributed by atoms with E-state index >= 15 is 0 Å². The number of halogens is 1. The number of benzene rings is 2. The molecular weight excluding hydrogens is 351 g/mol. The van der Waals surface area contributed by atoms with Gasteiger partial charge >= 0.3 is 0 Å². The molecule has 0 aromatic heterocycles. The average Bonchev–Trinajstić information content (AvgIpc) is 2.67. The summed E-state index contributed by atoms with van der Waals surface area (Å²) < 4.78 is 23.5. The molecule has 1 unspecified atom stereocenters. The first kappa shape index (κ1) is 17.4. The van der Waals surface area contributed by atoms with Crippen molar-refractivity contribution in [2.24, 2.45) is 4.40 Å². The molecule has 1 saturated heterocycles. The summed E-state index contributed by atoms with van der Waals surface area (Å²) in [7, 11) is 0. The number of rotatable bonds is 4. The van der Waals surface area contributed by atoms with Crippen molar-refractivity contribution in [3.8, 4) is 5.75 Å². The molecule has 4 nitrogen and oxygen atoms in total. The SMILES string of the molecule is OC1(c2ccc(OCc3cccc(F)c3)cc2)CCCN2CCSN=C21. The van der Waals surface area contributed by atoms with Gasteiger partial charge in [0.15, 0.2) is 0 Å². The van der Waals surface area contributed by atoms with Crippen LogP contribution in [0.15, 0.2) is 52.9 Å². The molecule has 1 fully saturated rings. The molecule has 26 heavy (non-hydrogen) atoms. The van der Waals surface area contributed by atoms with E-state index < -0.39 is 5.60 Å². The minimum atomic E-state index is -1.03. The Bertz CT molecular complexity index is 812. The summed E-state index contributed by atoms with van der Waals surface area (Å²) in [6, 6.07) is 13.9. The monoisotopic (exact) mass is 372 g/mol. The lowest BCUT2D eigenvalue weighted by Gasteiger charge is -2.43. The third-order valence-corrected chi connectivity index (χ3v) is 5.53. The van der Waals surface area contributed by atoms with Gasteiger partial charge in [0.05, 0.1) is 0 Å². The lowest BCUT2D eigenvalue weighted by molar-refractivity contribution is 0.0651. The Morgan fingerprint density at radius 1 is 1.19 bits per heavy atom. The maximum Gasteiger partial charge on any atom is 0.149 e. The molecular formula is C20H21FN2O2S. The quantitative estimate of drug-likeness (QED) is 0.831. The van der Waals surface area contributed by atoms with E-state index in [1.54, 1.807) is 6.07 Å². The van der Waals surface area contributed by atoms with E-state index in [9.17, 15) is 9.50 Å². The number of piperidine rings is 1. The summed E-state index contributed by atoms with van der Waals surface area (Å²) in [6.07, 6.45) is 1.62. The number of amidine groups is 1. The Balaban J connectivity index is 1.49. The van der Waals surface area contributed by atoms with Gasteiger partial charge in [0.2, 0.25) is 0 Å². The Morgan fingerprint density at radius 2 is 2.04 bits per heavy atom.